The van der Waals surface area contributed by atoms with E-state index in [1.54, 1.807) is 24.5 Å². The van der Waals surface area contributed by atoms with Crippen molar-refractivity contribution < 1.29 is 14.7 Å². The van der Waals surface area contributed by atoms with Gasteiger partial charge in [-0.15, -0.1) is 0 Å². The smallest absolute Gasteiger partial charge is 0.323 e. The van der Waals surface area contributed by atoms with Crippen LogP contribution in [0.15, 0.2) is 24.5 Å². The summed E-state index contributed by atoms with van der Waals surface area (Å²) in [5.41, 5.74) is 0.801. The fourth-order valence-corrected chi connectivity index (χ4v) is 1.03. The molecule has 6 heteroatoms. The molecule has 1 amide bonds. The van der Waals surface area contributed by atoms with Crippen molar-refractivity contribution in [3.05, 3.63) is 30.1 Å². The first-order valence-corrected chi connectivity index (χ1v) is 3.98. The van der Waals surface area contributed by atoms with Gasteiger partial charge in [0.05, 0.1) is 0 Å². The molecule has 0 radical (unpaired) electrons. The Labute approximate surface area is 80.8 Å². The minimum absolute atomic E-state index is 0. The molecule has 2 N–H and O–H groups in total. The predicted molar refractivity (Wildman–Crippen MR) is 48.2 cm³/mol. The Bertz CT molecular complexity index is 318. The van der Waals surface area contributed by atoms with Crippen molar-refractivity contribution in [1.82, 2.24) is 10.3 Å². The zero-order valence-electron chi connectivity index (χ0n) is 7.59. The average Bonchev–Trinajstić information content (AvgIpc) is 2.18. The van der Waals surface area contributed by atoms with Gasteiger partial charge in [-0.1, -0.05) is 0 Å². The van der Waals surface area contributed by atoms with Crippen molar-refractivity contribution in [3.8, 4) is 0 Å². The molecule has 1 rings (SSSR count). The summed E-state index contributed by atoms with van der Waals surface area (Å²) in [4.78, 5) is 24.4. The van der Waals surface area contributed by atoms with Gasteiger partial charge in [0.1, 0.15) is 6.04 Å². The van der Waals surface area contributed by atoms with E-state index in [-0.39, 0.29) is 6.42 Å². The average molecular weight is 450 g/mol. The van der Waals surface area contributed by atoms with Gasteiger partial charge >= 0.3 is 5.97 Å². The number of hydrogen-bond acceptors (Lipinski definition) is 3. The summed E-state index contributed by atoms with van der Waals surface area (Å²) in [5, 5.41) is 10.8. The molecule has 0 aliphatic rings. The Hall–Kier alpha value is -2.91. The molecule has 15 heavy (non-hydrogen) atoms. The number of carboxylic acid groups (broad SMARTS) is 1. The standard InChI is InChI=1S/C9H9N2O3.Fm/c12-6-11-8(9(13)14)5-7-1-3-10-4-2-7;/h1-4,8H,5H2,(H,11,12)(H,13,14);/q-1;/t8-;/m0./s1. The van der Waals surface area contributed by atoms with Crippen LogP contribution in [0.4, 0.5) is 0 Å². The number of nitrogens with zero attached hydrogens (tertiary/aromatic N) is 1. The van der Waals surface area contributed by atoms with E-state index < -0.39 is 12.0 Å². The molecule has 0 aliphatic carbocycles. The molecule has 0 fully saturated rings. The number of nitrogens with one attached hydrogen (secondary N) is 1. The van der Waals surface area contributed by atoms with E-state index >= 15 is 0 Å². The minimum Gasteiger partial charge on any atom is -0.520 e. The molecule has 1 aromatic heterocycles. The Morgan fingerprint density at radius 3 is 2.60 bits per heavy atom. The van der Waals surface area contributed by atoms with Crippen molar-refractivity contribution >= 4 is 12.4 Å². The molecule has 1 aromatic rings. The summed E-state index contributed by atoms with van der Waals surface area (Å²) < 4.78 is 0. The van der Waals surface area contributed by atoms with Gasteiger partial charge < -0.3 is 15.2 Å². The summed E-state index contributed by atoms with van der Waals surface area (Å²) in [6, 6.07) is 2.46. The van der Waals surface area contributed by atoms with E-state index in [0.717, 1.165) is 5.56 Å². The van der Waals surface area contributed by atoms with Crippen molar-refractivity contribution in [2.45, 2.75) is 12.5 Å². The van der Waals surface area contributed by atoms with Crippen LogP contribution in [0.2, 0.25) is 0 Å². The second-order valence-electron chi connectivity index (χ2n) is 2.70. The monoisotopic (exact) mass is 450 g/mol. The normalized spacial score (nSPS) is 10.9. The van der Waals surface area contributed by atoms with Crippen LogP contribution in [0, 0.1) is 0 Å². The van der Waals surface area contributed by atoms with Crippen LogP contribution in [0.5, 0.6) is 0 Å². The minimum atomic E-state index is -1.08. The van der Waals surface area contributed by atoms with E-state index in [1.807, 2.05) is 0 Å². The van der Waals surface area contributed by atoms with Crippen molar-refractivity contribution in [2.24, 2.45) is 0 Å². The number of amides is 1. The first kappa shape index (κ1) is 12.1. The number of aromatic nitrogens is 1. The molecule has 1 atom stereocenters. The third-order valence-electron chi connectivity index (χ3n) is 1.72. The van der Waals surface area contributed by atoms with Gasteiger partial charge in [-0.25, -0.2) is 0 Å². The number of aliphatic carboxylic acids is 1. The second kappa shape index (κ2) is 5.69. The molecule has 0 aromatic carbocycles. The van der Waals surface area contributed by atoms with Crippen LogP contribution in [-0.2, 0) is 16.0 Å². The number of carboxylic acids is 1. The van der Waals surface area contributed by atoms with E-state index in [0.29, 0.717) is 0 Å². The summed E-state index contributed by atoms with van der Waals surface area (Å²) in [5.74, 6) is -1.08. The maximum atomic E-state index is 10.6. The SMILES string of the molecule is O=[C-]N[C@@H](Cc1ccncc1)C(=O)O.[Fm]. The predicted octanol–water partition coefficient (Wildman–Crippen LogP) is -0.266. The van der Waals surface area contributed by atoms with Gasteiger partial charge in [0, 0.05) is 18.8 Å². The number of rotatable bonds is 5. The molecule has 86 valence electrons. The van der Waals surface area contributed by atoms with Gasteiger partial charge in [-0.2, -0.15) is 6.41 Å². The summed E-state index contributed by atoms with van der Waals surface area (Å²) in [6.45, 7) is 0. The molecule has 0 spiro atoms. The Morgan fingerprint density at radius 1 is 1.53 bits per heavy atom. The fraction of sp³-hybridized carbons (Fsp3) is 0.222. The molecular weight excluding hydrogens is 441 g/mol. The van der Waals surface area contributed by atoms with Crippen molar-refractivity contribution in [1.29, 1.82) is 0 Å². The van der Waals surface area contributed by atoms with Crippen molar-refractivity contribution in [3.63, 3.8) is 0 Å². The Kier molecular flexibility index (Phi) is 4.58. The third kappa shape index (κ3) is 3.54. The number of carbonyl (C=O) groups excluding carboxylic acids is 1. The van der Waals surface area contributed by atoms with E-state index in [1.165, 1.54) is 6.41 Å². The first-order chi connectivity index (χ1) is 6.74. The molecule has 0 unspecified atom stereocenters. The summed E-state index contributed by atoms with van der Waals surface area (Å²) in [7, 11) is 0. The molecular formula is C9H9FmN2O3-. The quantitative estimate of drug-likeness (QED) is 0.479. The molecule has 5 nitrogen and oxygen atoms in total. The third-order valence-corrected chi connectivity index (χ3v) is 1.72. The molecule has 0 saturated heterocycles. The maximum Gasteiger partial charge on any atom is 0.323 e. The molecule has 0 saturated carbocycles. The van der Waals surface area contributed by atoms with Crippen LogP contribution in [0.25, 0.3) is 0 Å². The largest absolute Gasteiger partial charge is 0.520 e. The summed E-state index contributed by atoms with van der Waals surface area (Å²) in [6.07, 6.45) is 4.74. The van der Waals surface area contributed by atoms with Crippen molar-refractivity contribution in [2.75, 3.05) is 0 Å². The van der Waals surface area contributed by atoms with Crippen LogP contribution >= 0.6 is 0 Å². The zero-order chi connectivity index (χ0) is 10.4. The molecule has 1 heterocycles. The van der Waals surface area contributed by atoms with E-state index in [2.05, 4.69) is 10.3 Å². The zero-order valence-corrected chi connectivity index (χ0v) is 10.00. The van der Waals surface area contributed by atoms with Crippen LogP contribution in [0.3, 0.4) is 0 Å². The Morgan fingerprint density at radius 2 is 2.13 bits per heavy atom. The number of pyridine rings is 1. The Balaban J connectivity index is 0.00000196. The topological polar surface area (TPSA) is 79.3 Å². The van der Waals surface area contributed by atoms with Crippen LogP contribution in [0.1, 0.15) is 5.56 Å². The number of carbonyl (C=O) groups is 1. The fourth-order valence-electron chi connectivity index (χ4n) is 1.03. The second-order valence-corrected chi connectivity index (χ2v) is 2.70. The van der Waals surface area contributed by atoms with Gasteiger partial charge in [0.15, 0.2) is 0 Å². The molecule has 0 bridgehead atoms. The molecule has 0 aliphatic heterocycles. The van der Waals surface area contributed by atoms with Gasteiger partial charge in [-0.3, -0.25) is 9.78 Å². The van der Waals surface area contributed by atoms with Crippen LogP contribution in [-0.4, -0.2) is 28.5 Å². The number of hydrogen-bond donors (Lipinski definition) is 2. The van der Waals surface area contributed by atoms with Crippen LogP contribution < -0.4 is 5.32 Å². The van der Waals surface area contributed by atoms with Gasteiger partial charge in [-0.05, 0) is 17.7 Å². The van der Waals surface area contributed by atoms with Gasteiger partial charge in [0.2, 0.25) is 0 Å². The van der Waals surface area contributed by atoms with E-state index in [4.69, 9.17) is 5.11 Å². The van der Waals surface area contributed by atoms with E-state index in [9.17, 15) is 9.59 Å². The first-order valence-electron chi connectivity index (χ1n) is 3.98. The van der Waals surface area contributed by atoms with Gasteiger partial charge in [0.25, 0.3) is 0 Å². The maximum absolute atomic E-state index is 10.6. The summed E-state index contributed by atoms with van der Waals surface area (Å²) >= 11 is 0.